The Morgan fingerprint density at radius 2 is 1.90 bits per heavy atom. The molecule has 1 aromatic carbocycles. The van der Waals surface area contributed by atoms with Gasteiger partial charge in [-0.15, -0.1) is 0 Å². The third kappa shape index (κ3) is 2.57. The molecule has 0 N–H and O–H groups in total. The highest BCUT2D eigenvalue weighted by molar-refractivity contribution is 6.10. The highest BCUT2D eigenvalue weighted by Gasteiger charge is 2.37. The van der Waals surface area contributed by atoms with Crippen LogP contribution < -0.4 is 4.90 Å². The van der Waals surface area contributed by atoms with E-state index in [1.807, 2.05) is 25.3 Å². The molecule has 0 atom stereocenters. The number of nitriles is 2. The highest BCUT2D eigenvalue weighted by atomic mass is 15.2. The van der Waals surface area contributed by atoms with Crippen molar-refractivity contribution < 1.29 is 0 Å². The van der Waals surface area contributed by atoms with Gasteiger partial charge in [-0.1, -0.05) is 32.0 Å². The van der Waals surface area contributed by atoms with Crippen molar-refractivity contribution in [3.05, 3.63) is 53.9 Å². The molecule has 4 nitrogen and oxygen atoms in total. The maximum atomic E-state index is 8.62. The van der Waals surface area contributed by atoms with Crippen LogP contribution in [0, 0.1) is 22.7 Å². The molecular weight excluding hydrogens is 260 g/mol. The fourth-order valence-electron chi connectivity index (χ4n) is 2.64. The summed E-state index contributed by atoms with van der Waals surface area (Å²) in [6, 6.07) is 11.8. The van der Waals surface area contributed by atoms with Crippen LogP contribution in [0.25, 0.3) is 0 Å². The van der Waals surface area contributed by atoms with Crippen LogP contribution in [-0.2, 0) is 5.41 Å². The van der Waals surface area contributed by atoms with Gasteiger partial charge in [-0.05, 0) is 23.8 Å². The predicted octanol–water partition coefficient (Wildman–Crippen LogP) is 3.30. The largest absolute Gasteiger partial charge is 0.347 e. The van der Waals surface area contributed by atoms with Crippen LogP contribution in [0.5, 0.6) is 0 Å². The van der Waals surface area contributed by atoms with Gasteiger partial charge in [0, 0.05) is 30.0 Å². The lowest BCUT2D eigenvalue weighted by Crippen LogP contribution is -2.22. The third-order valence-corrected chi connectivity index (χ3v) is 3.70. The van der Waals surface area contributed by atoms with Crippen LogP contribution in [0.1, 0.15) is 19.4 Å². The molecule has 0 amide bonds. The SMILES string of the molecule is CN1/C(=C\C=C\N=C(C#N)C#N)C(C)(C)c2ccccc21. The van der Waals surface area contributed by atoms with Crippen LogP contribution in [0.4, 0.5) is 5.69 Å². The standard InChI is InChI=1S/C17H16N4/c1-17(2)14-7-4-5-8-15(14)21(3)16(17)9-6-10-20-13(11-18)12-19/h4-10H,1-3H3/b10-6+,16-9-. The summed E-state index contributed by atoms with van der Waals surface area (Å²) in [7, 11) is 2.03. The van der Waals surface area contributed by atoms with E-state index in [1.165, 1.54) is 17.5 Å². The summed E-state index contributed by atoms with van der Waals surface area (Å²) in [5.74, 6) is 0. The van der Waals surface area contributed by atoms with E-state index in [0.29, 0.717) is 0 Å². The summed E-state index contributed by atoms with van der Waals surface area (Å²) < 4.78 is 0. The second kappa shape index (κ2) is 5.64. The zero-order chi connectivity index (χ0) is 15.5. The van der Waals surface area contributed by atoms with E-state index in [1.54, 1.807) is 18.2 Å². The fourth-order valence-corrected chi connectivity index (χ4v) is 2.64. The van der Waals surface area contributed by atoms with Gasteiger partial charge in [0.25, 0.3) is 0 Å². The van der Waals surface area contributed by atoms with Crippen molar-refractivity contribution in [3.63, 3.8) is 0 Å². The molecular formula is C17H16N4. The van der Waals surface area contributed by atoms with Crippen LogP contribution in [0.2, 0.25) is 0 Å². The Morgan fingerprint density at radius 1 is 1.24 bits per heavy atom. The minimum atomic E-state index is -0.146. The number of benzene rings is 1. The summed E-state index contributed by atoms with van der Waals surface area (Å²) in [5, 5.41) is 17.2. The van der Waals surface area contributed by atoms with E-state index in [-0.39, 0.29) is 11.1 Å². The molecule has 0 spiro atoms. The van der Waals surface area contributed by atoms with Crippen molar-refractivity contribution >= 4 is 11.4 Å². The normalized spacial score (nSPS) is 17.4. The Morgan fingerprint density at radius 3 is 2.52 bits per heavy atom. The van der Waals surface area contributed by atoms with Gasteiger partial charge in [0.2, 0.25) is 5.71 Å². The second-order valence-corrected chi connectivity index (χ2v) is 5.30. The van der Waals surface area contributed by atoms with Crippen LogP contribution >= 0.6 is 0 Å². The van der Waals surface area contributed by atoms with Crippen molar-refractivity contribution in [3.8, 4) is 12.1 Å². The van der Waals surface area contributed by atoms with E-state index in [4.69, 9.17) is 10.5 Å². The minimum Gasteiger partial charge on any atom is -0.347 e. The lowest BCUT2D eigenvalue weighted by atomic mass is 9.84. The molecule has 21 heavy (non-hydrogen) atoms. The van der Waals surface area contributed by atoms with E-state index in [0.717, 1.165) is 5.70 Å². The zero-order valence-corrected chi connectivity index (χ0v) is 12.3. The Kier molecular flexibility index (Phi) is 3.91. The maximum Gasteiger partial charge on any atom is 0.217 e. The van der Waals surface area contributed by atoms with Gasteiger partial charge in [-0.2, -0.15) is 10.5 Å². The average molecular weight is 276 g/mol. The molecule has 1 heterocycles. The molecule has 4 heteroatoms. The summed E-state index contributed by atoms with van der Waals surface area (Å²) in [6.07, 6.45) is 5.20. The van der Waals surface area contributed by atoms with E-state index in [9.17, 15) is 0 Å². The van der Waals surface area contributed by atoms with Crippen molar-refractivity contribution in [1.29, 1.82) is 10.5 Å². The van der Waals surface area contributed by atoms with Crippen molar-refractivity contribution in [2.24, 2.45) is 4.99 Å². The van der Waals surface area contributed by atoms with Gasteiger partial charge in [0.1, 0.15) is 12.1 Å². The topological polar surface area (TPSA) is 63.2 Å². The summed E-state index contributed by atoms with van der Waals surface area (Å²) >= 11 is 0. The summed E-state index contributed by atoms with van der Waals surface area (Å²) in [4.78, 5) is 5.95. The van der Waals surface area contributed by atoms with Crippen LogP contribution in [0.3, 0.4) is 0 Å². The number of rotatable bonds is 2. The van der Waals surface area contributed by atoms with E-state index >= 15 is 0 Å². The van der Waals surface area contributed by atoms with Gasteiger partial charge >= 0.3 is 0 Å². The second-order valence-electron chi connectivity index (χ2n) is 5.30. The van der Waals surface area contributed by atoms with Crippen molar-refractivity contribution in [2.45, 2.75) is 19.3 Å². The molecule has 1 aromatic rings. The molecule has 0 bridgehead atoms. The van der Waals surface area contributed by atoms with Crippen LogP contribution in [-0.4, -0.2) is 12.8 Å². The Hall–Kier alpha value is -2.85. The molecule has 104 valence electrons. The van der Waals surface area contributed by atoms with E-state index < -0.39 is 0 Å². The average Bonchev–Trinajstić information content (AvgIpc) is 2.68. The Balaban J connectivity index is 2.33. The van der Waals surface area contributed by atoms with Crippen molar-refractivity contribution in [1.82, 2.24) is 0 Å². The Labute approximate surface area is 125 Å². The minimum absolute atomic E-state index is 0.0906. The van der Waals surface area contributed by atoms with Gasteiger partial charge in [0.05, 0.1) is 0 Å². The maximum absolute atomic E-state index is 8.62. The number of likely N-dealkylation sites (N-methyl/N-ethyl adjacent to an activating group) is 1. The van der Waals surface area contributed by atoms with E-state index in [2.05, 4.69) is 35.9 Å². The predicted molar refractivity (Wildman–Crippen MR) is 83.8 cm³/mol. The van der Waals surface area contributed by atoms with Gasteiger partial charge in [0.15, 0.2) is 0 Å². The molecule has 0 saturated heterocycles. The molecule has 1 aliphatic rings. The third-order valence-electron chi connectivity index (χ3n) is 3.70. The van der Waals surface area contributed by atoms with Gasteiger partial charge in [-0.25, -0.2) is 4.99 Å². The molecule has 0 fully saturated rings. The first-order valence-corrected chi connectivity index (χ1v) is 6.61. The number of hydrogen-bond donors (Lipinski definition) is 0. The number of hydrogen-bond acceptors (Lipinski definition) is 4. The first-order valence-electron chi connectivity index (χ1n) is 6.61. The highest BCUT2D eigenvalue weighted by Crippen LogP contribution is 2.46. The molecule has 0 unspecified atom stereocenters. The number of nitrogens with zero attached hydrogens (tertiary/aromatic N) is 4. The molecule has 0 aromatic heterocycles. The van der Waals surface area contributed by atoms with Gasteiger partial charge < -0.3 is 4.90 Å². The first-order chi connectivity index (χ1) is 10.0. The zero-order valence-electron chi connectivity index (χ0n) is 12.3. The molecule has 1 aliphatic heterocycles. The smallest absolute Gasteiger partial charge is 0.217 e. The summed E-state index contributed by atoms with van der Waals surface area (Å²) in [5.41, 5.74) is 3.38. The monoisotopic (exact) mass is 276 g/mol. The van der Waals surface area contributed by atoms with Crippen LogP contribution in [0.15, 0.2) is 53.3 Å². The molecule has 0 saturated carbocycles. The lowest BCUT2D eigenvalue weighted by molar-refractivity contribution is 0.640. The Bertz CT molecular complexity index is 708. The van der Waals surface area contributed by atoms with Gasteiger partial charge in [-0.3, -0.25) is 0 Å². The number of anilines is 1. The molecule has 2 rings (SSSR count). The fraction of sp³-hybridized carbons (Fsp3) is 0.235. The number of allylic oxidation sites excluding steroid dienone is 3. The summed E-state index contributed by atoms with van der Waals surface area (Å²) in [6.45, 7) is 4.35. The number of fused-ring (bicyclic) bond motifs is 1. The number of aliphatic imine (C=N–C) groups is 1. The first kappa shape index (κ1) is 14.6. The molecule has 0 aliphatic carbocycles. The number of para-hydroxylation sites is 1. The van der Waals surface area contributed by atoms with Crippen molar-refractivity contribution in [2.75, 3.05) is 11.9 Å². The lowest BCUT2D eigenvalue weighted by Gasteiger charge is -2.23. The quantitative estimate of drug-likeness (QED) is 0.778. The molecule has 0 radical (unpaired) electrons.